The molecule has 1 aromatic rings. The average molecular weight is 321 g/mol. The van der Waals surface area contributed by atoms with Crippen LogP contribution in [0, 0.1) is 0 Å². The minimum absolute atomic E-state index is 0.372. The third kappa shape index (κ3) is 3.71. The van der Waals surface area contributed by atoms with Gasteiger partial charge < -0.3 is 0 Å². The van der Waals surface area contributed by atoms with Crippen molar-refractivity contribution in [3.63, 3.8) is 0 Å². The van der Waals surface area contributed by atoms with Crippen molar-refractivity contribution in [3.8, 4) is 0 Å². The van der Waals surface area contributed by atoms with Crippen LogP contribution < -0.4 is 0 Å². The summed E-state index contributed by atoms with van der Waals surface area (Å²) in [6.07, 6.45) is 0. The van der Waals surface area contributed by atoms with E-state index in [1.807, 2.05) is 6.07 Å². The molecule has 1 aromatic carbocycles. The highest BCUT2D eigenvalue weighted by atomic mass is 79.9. The molecular formula is C11H15Br2N. The van der Waals surface area contributed by atoms with Crippen molar-refractivity contribution in [1.29, 1.82) is 0 Å². The number of rotatable bonds is 4. The van der Waals surface area contributed by atoms with Crippen LogP contribution >= 0.6 is 31.9 Å². The number of benzene rings is 1. The van der Waals surface area contributed by atoms with Crippen LogP contribution in [0.1, 0.15) is 19.4 Å². The van der Waals surface area contributed by atoms with Gasteiger partial charge in [-0.05, 0) is 19.4 Å². The first-order valence-electron chi connectivity index (χ1n) is 4.69. The van der Waals surface area contributed by atoms with Crippen molar-refractivity contribution in [2.45, 2.75) is 30.3 Å². The Kier molecular flexibility index (Phi) is 5.13. The molecule has 0 N–H and O–H groups in total. The second-order valence-electron chi connectivity index (χ2n) is 3.31. The Labute approximate surface area is 103 Å². The van der Waals surface area contributed by atoms with E-state index in [0.717, 1.165) is 6.54 Å². The lowest BCUT2D eigenvalue weighted by molar-refractivity contribution is 0.259. The summed E-state index contributed by atoms with van der Waals surface area (Å²) in [5.41, 5.74) is 1.34. The Bertz CT molecular complexity index is 251. The maximum Gasteiger partial charge on any atom is 0.0639 e. The molecule has 0 aliphatic rings. The van der Waals surface area contributed by atoms with E-state index in [0.29, 0.717) is 9.90 Å². The topological polar surface area (TPSA) is 3.24 Å². The molecule has 0 aromatic heterocycles. The summed E-state index contributed by atoms with van der Waals surface area (Å²) in [6.45, 7) is 5.24. The Morgan fingerprint density at radius 1 is 1.07 bits per heavy atom. The van der Waals surface area contributed by atoms with Gasteiger partial charge >= 0.3 is 0 Å². The highest BCUT2D eigenvalue weighted by molar-refractivity contribution is 9.10. The molecule has 2 atom stereocenters. The molecule has 0 aliphatic heterocycles. The number of hydrogen-bond donors (Lipinski definition) is 0. The van der Waals surface area contributed by atoms with Gasteiger partial charge in [0.1, 0.15) is 0 Å². The molecule has 0 fully saturated rings. The Morgan fingerprint density at radius 3 is 2.00 bits per heavy atom. The smallest absolute Gasteiger partial charge is 0.0639 e. The first-order valence-corrected chi connectivity index (χ1v) is 6.52. The van der Waals surface area contributed by atoms with Gasteiger partial charge in [0, 0.05) is 6.54 Å². The van der Waals surface area contributed by atoms with Crippen molar-refractivity contribution in [2.24, 2.45) is 0 Å². The van der Waals surface area contributed by atoms with Crippen molar-refractivity contribution in [1.82, 2.24) is 4.90 Å². The van der Waals surface area contributed by atoms with E-state index >= 15 is 0 Å². The third-order valence-corrected chi connectivity index (χ3v) is 3.17. The summed E-state index contributed by atoms with van der Waals surface area (Å²) < 4.78 is 0. The Morgan fingerprint density at radius 2 is 1.57 bits per heavy atom. The first kappa shape index (κ1) is 12.2. The summed E-state index contributed by atoms with van der Waals surface area (Å²) in [5, 5.41) is 0. The van der Waals surface area contributed by atoms with Crippen LogP contribution in [0.4, 0.5) is 0 Å². The molecule has 0 bridgehead atoms. The van der Waals surface area contributed by atoms with Crippen LogP contribution in [0.15, 0.2) is 30.3 Å². The van der Waals surface area contributed by atoms with E-state index in [1.54, 1.807) is 0 Å². The second-order valence-corrected chi connectivity index (χ2v) is 5.96. The lowest BCUT2D eigenvalue weighted by Gasteiger charge is -2.27. The summed E-state index contributed by atoms with van der Waals surface area (Å²) in [6, 6.07) is 10.5. The lowest BCUT2D eigenvalue weighted by atomic mass is 10.2. The van der Waals surface area contributed by atoms with Gasteiger partial charge in [-0.1, -0.05) is 62.2 Å². The predicted molar refractivity (Wildman–Crippen MR) is 68.8 cm³/mol. The van der Waals surface area contributed by atoms with Gasteiger partial charge in [-0.15, -0.1) is 0 Å². The zero-order chi connectivity index (χ0) is 10.6. The monoisotopic (exact) mass is 319 g/mol. The molecular weight excluding hydrogens is 306 g/mol. The minimum atomic E-state index is 0.372. The summed E-state index contributed by atoms with van der Waals surface area (Å²) in [7, 11) is 0. The fourth-order valence-corrected chi connectivity index (χ4v) is 2.64. The van der Waals surface area contributed by atoms with Gasteiger partial charge in [-0.2, -0.15) is 0 Å². The normalized spacial score (nSPS) is 15.5. The number of halogens is 2. The summed E-state index contributed by atoms with van der Waals surface area (Å²) in [5.74, 6) is 0. The molecule has 78 valence electrons. The molecule has 2 unspecified atom stereocenters. The molecule has 1 rings (SSSR count). The fourth-order valence-electron chi connectivity index (χ4n) is 1.33. The highest BCUT2D eigenvalue weighted by Gasteiger charge is 2.15. The zero-order valence-electron chi connectivity index (χ0n) is 8.45. The molecule has 0 saturated carbocycles. The molecule has 0 radical (unpaired) electrons. The number of alkyl halides is 2. The van der Waals surface area contributed by atoms with E-state index in [9.17, 15) is 0 Å². The van der Waals surface area contributed by atoms with Crippen LogP contribution in [-0.2, 0) is 6.54 Å². The first-order chi connectivity index (χ1) is 6.61. The molecule has 3 heteroatoms. The van der Waals surface area contributed by atoms with Gasteiger partial charge in [0.05, 0.1) is 9.90 Å². The van der Waals surface area contributed by atoms with Gasteiger partial charge in [0.25, 0.3) is 0 Å². The molecule has 1 nitrogen and oxygen atoms in total. The standard InChI is InChI=1S/C11H15Br2N/c1-9(12)14(10(2)13)8-11-6-4-3-5-7-11/h3-7,9-10H,8H2,1-2H3. The summed E-state index contributed by atoms with van der Waals surface area (Å²) in [4.78, 5) is 3.07. The van der Waals surface area contributed by atoms with Crippen molar-refractivity contribution < 1.29 is 0 Å². The maximum atomic E-state index is 3.59. The Balaban J connectivity index is 2.65. The van der Waals surface area contributed by atoms with Crippen LogP contribution in [0.5, 0.6) is 0 Å². The average Bonchev–Trinajstić information content (AvgIpc) is 2.15. The van der Waals surface area contributed by atoms with Gasteiger partial charge in [-0.3, -0.25) is 4.90 Å². The molecule has 0 saturated heterocycles. The van der Waals surface area contributed by atoms with E-state index in [2.05, 4.69) is 74.9 Å². The highest BCUT2D eigenvalue weighted by Crippen LogP contribution is 2.18. The molecule has 0 amide bonds. The van der Waals surface area contributed by atoms with Crippen molar-refractivity contribution >= 4 is 31.9 Å². The predicted octanol–water partition coefficient (Wildman–Crippen LogP) is 3.97. The Hall–Kier alpha value is 0.140. The van der Waals surface area contributed by atoms with Crippen molar-refractivity contribution in [3.05, 3.63) is 35.9 Å². The molecule has 0 heterocycles. The van der Waals surface area contributed by atoms with Crippen LogP contribution in [0.3, 0.4) is 0 Å². The van der Waals surface area contributed by atoms with Crippen LogP contribution in [0.25, 0.3) is 0 Å². The largest absolute Gasteiger partial charge is 0.274 e. The molecule has 14 heavy (non-hydrogen) atoms. The van der Waals surface area contributed by atoms with Crippen LogP contribution in [0.2, 0.25) is 0 Å². The fraction of sp³-hybridized carbons (Fsp3) is 0.455. The van der Waals surface area contributed by atoms with Gasteiger partial charge in [0.2, 0.25) is 0 Å². The zero-order valence-corrected chi connectivity index (χ0v) is 11.6. The van der Waals surface area contributed by atoms with E-state index in [4.69, 9.17) is 0 Å². The SMILES string of the molecule is CC(Br)N(Cc1ccccc1)C(C)Br. The van der Waals surface area contributed by atoms with Crippen molar-refractivity contribution in [2.75, 3.05) is 0 Å². The third-order valence-electron chi connectivity index (χ3n) is 2.12. The minimum Gasteiger partial charge on any atom is -0.274 e. The number of hydrogen-bond acceptors (Lipinski definition) is 1. The lowest BCUT2D eigenvalue weighted by Crippen LogP contribution is -2.32. The van der Waals surface area contributed by atoms with E-state index in [1.165, 1.54) is 5.56 Å². The maximum absolute atomic E-state index is 3.59. The van der Waals surface area contributed by atoms with Gasteiger partial charge in [-0.25, -0.2) is 0 Å². The van der Waals surface area contributed by atoms with Gasteiger partial charge in [0.15, 0.2) is 0 Å². The van der Waals surface area contributed by atoms with E-state index in [-0.39, 0.29) is 0 Å². The van der Waals surface area contributed by atoms with E-state index < -0.39 is 0 Å². The van der Waals surface area contributed by atoms with Crippen LogP contribution in [-0.4, -0.2) is 14.8 Å². The molecule has 0 spiro atoms. The second kappa shape index (κ2) is 5.89. The quantitative estimate of drug-likeness (QED) is 0.599. The molecule has 0 aliphatic carbocycles. The summed E-state index contributed by atoms with van der Waals surface area (Å²) >= 11 is 7.19. The number of nitrogens with zero attached hydrogens (tertiary/aromatic N) is 1.